The summed E-state index contributed by atoms with van der Waals surface area (Å²) in [6.07, 6.45) is 5.01. The van der Waals surface area contributed by atoms with Crippen LogP contribution in [0.1, 0.15) is 28.0 Å². The summed E-state index contributed by atoms with van der Waals surface area (Å²) in [5.74, 6) is -0.428. The second-order valence-corrected chi connectivity index (χ2v) is 6.34. The maximum Gasteiger partial charge on any atom is 0.288 e. The number of fused-ring (bicyclic) bond motifs is 1. The van der Waals surface area contributed by atoms with Crippen LogP contribution in [0.5, 0.6) is 0 Å². The molecule has 0 saturated carbocycles. The van der Waals surface area contributed by atoms with Crippen LogP contribution in [0.2, 0.25) is 0 Å². The number of aromatic nitrogens is 1. The molecule has 2 amide bonds. The Balaban J connectivity index is 1.46. The quantitative estimate of drug-likeness (QED) is 0.666. The van der Waals surface area contributed by atoms with E-state index in [1.54, 1.807) is 18.2 Å². The van der Waals surface area contributed by atoms with Gasteiger partial charge in [-0.05, 0) is 54.7 Å². The molecule has 0 atom stereocenters. The molecule has 5 nitrogen and oxygen atoms in total. The number of hydrogen-bond acceptors (Lipinski definition) is 4. The molecule has 0 saturated heterocycles. The third-order valence-corrected chi connectivity index (χ3v) is 4.65. The van der Waals surface area contributed by atoms with Gasteiger partial charge in [-0.2, -0.15) is 0 Å². The van der Waals surface area contributed by atoms with E-state index in [1.165, 1.54) is 35.5 Å². The van der Waals surface area contributed by atoms with Crippen LogP contribution in [0.4, 0.5) is 0 Å². The predicted octanol–water partition coefficient (Wildman–Crippen LogP) is 2.12. The summed E-state index contributed by atoms with van der Waals surface area (Å²) >= 11 is 1.46. The lowest BCUT2D eigenvalue weighted by molar-refractivity contribution is -0.119. The van der Waals surface area contributed by atoms with Gasteiger partial charge in [0.2, 0.25) is 5.91 Å². The van der Waals surface area contributed by atoms with Gasteiger partial charge in [0.25, 0.3) is 5.91 Å². The summed E-state index contributed by atoms with van der Waals surface area (Å²) in [6.45, 7) is 0. The van der Waals surface area contributed by atoms with E-state index in [2.05, 4.69) is 34.0 Å². The van der Waals surface area contributed by atoms with Crippen LogP contribution in [0.3, 0.4) is 0 Å². The molecule has 0 unspecified atom stereocenters. The predicted molar refractivity (Wildman–Crippen MR) is 89.0 cm³/mol. The number of pyridine rings is 1. The van der Waals surface area contributed by atoms with E-state index >= 15 is 0 Å². The number of amides is 2. The van der Waals surface area contributed by atoms with Gasteiger partial charge in [0.1, 0.15) is 5.69 Å². The summed E-state index contributed by atoms with van der Waals surface area (Å²) in [7, 11) is 0. The Morgan fingerprint density at radius 2 is 1.96 bits per heavy atom. The van der Waals surface area contributed by atoms with Crippen molar-refractivity contribution in [2.75, 3.05) is 5.75 Å². The highest BCUT2D eigenvalue weighted by atomic mass is 32.2. The van der Waals surface area contributed by atoms with Crippen molar-refractivity contribution < 1.29 is 9.59 Å². The average molecular weight is 327 g/mol. The third kappa shape index (κ3) is 4.10. The van der Waals surface area contributed by atoms with Crippen molar-refractivity contribution in [2.45, 2.75) is 24.2 Å². The van der Waals surface area contributed by atoms with Crippen LogP contribution < -0.4 is 10.9 Å². The van der Waals surface area contributed by atoms with Gasteiger partial charge in [-0.15, -0.1) is 11.8 Å². The molecule has 1 aromatic heterocycles. The van der Waals surface area contributed by atoms with Crippen LogP contribution in [0.25, 0.3) is 0 Å². The smallest absolute Gasteiger partial charge is 0.272 e. The lowest BCUT2D eigenvalue weighted by atomic mass is 10.1. The number of nitrogens with zero attached hydrogens (tertiary/aromatic N) is 1. The van der Waals surface area contributed by atoms with Gasteiger partial charge in [-0.1, -0.05) is 12.1 Å². The third-order valence-electron chi connectivity index (χ3n) is 3.65. The standard InChI is InChI=1S/C17H17N3O2S/c21-16(19-20-17(22)15-6-1-2-9-18-15)11-23-14-8-7-12-4-3-5-13(12)10-14/h1-2,6-10H,3-5,11H2,(H,19,21)(H,20,22). The summed E-state index contributed by atoms with van der Waals surface area (Å²) in [4.78, 5) is 28.6. The zero-order valence-electron chi connectivity index (χ0n) is 12.5. The maximum absolute atomic E-state index is 11.8. The van der Waals surface area contributed by atoms with Crippen molar-refractivity contribution in [2.24, 2.45) is 0 Å². The summed E-state index contributed by atoms with van der Waals surface area (Å²) < 4.78 is 0. The molecule has 3 rings (SSSR count). The largest absolute Gasteiger partial charge is 0.288 e. The van der Waals surface area contributed by atoms with E-state index in [1.807, 2.05) is 0 Å². The fraction of sp³-hybridized carbons (Fsp3) is 0.235. The number of hydrogen-bond donors (Lipinski definition) is 2. The van der Waals surface area contributed by atoms with Gasteiger partial charge in [0.15, 0.2) is 0 Å². The van der Waals surface area contributed by atoms with Gasteiger partial charge in [-0.25, -0.2) is 0 Å². The van der Waals surface area contributed by atoms with Gasteiger partial charge in [0, 0.05) is 11.1 Å². The van der Waals surface area contributed by atoms with Crippen LogP contribution in [0.15, 0.2) is 47.5 Å². The molecular formula is C17H17N3O2S. The average Bonchev–Trinajstić information content (AvgIpc) is 3.06. The Morgan fingerprint density at radius 1 is 1.09 bits per heavy atom. The van der Waals surface area contributed by atoms with Crippen molar-refractivity contribution >= 4 is 23.6 Å². The topological polar surface area (TPSA) is 71.1 Å². The molecule has 2 aromatic rings. The number of rotatable bonds is 4. The number of thioether (sulfide) groups is 1. The number of carbonyl (C=O) groups is 2. The van der Waals surface area contributed by atoms with Gasteiger partial charge in [0.05, 0.1) is 5.75 Å². The lowest BCUT2D eigenvalue weighted by Crippen LogP contribution is -2.42. The summed E-state index contributed by atoms with van der Waals surface area (Å²) in [6, 6.07) is 11.4. The van der Waals surface area contributed by atoms with E-state index in [-0.39, 0.29) is 17.4 Å². The monoisotopic (exact) mass is 327 g/mol. The Morgan fingerprint density at radius 3 is 2.78 bits per heavy atom. The van der Waals surface area contributed by atoms with E-state index in [0.29, 0.717) is 0 Å². The molecule has 23 heavy (non-hydrogen) atoms. The zero-order chi connectivity index (χ0) is 16.1. The SMILES string of the molecule is O=C(CSc1ccc2c(c1)CCC2)NNC(=O)c1ccccn1. The Bertz CT molecular complexity index is 719. The van der Waals surface area contributed by atoms with Gasteiger partial charge in [-0.3, -0.25) is 25.4 Å². The number of nitrogens with one attached hydrogen (secondary N) is 2. The van der Waals surface area contributed by atoms with E-state index in [0.717, 1.165) is 17.7 Å². The summed E-state index contributed by atoms with van der Waals surface area (Å²) in [5, 5.41) is 0. The van der Waals surface area contributed by atoms with Crippen LogP contribution >= 0.6 is 11.8 Å². The molecule has 118 valence electrons. The normalized spacial score (nSPS) is 12.5. The molecule has 1 aliphatic rings. The first kappa shape index (κ1) is 15.6. The summed E-state index contributed by atoms with van der Waals surface area (Å²) in [5.41, 5.74) is 7.84. The Kier molecular flexibility index (Phi) is 4.92. The first-order chi connectivity index (χ1) is 11.2. The van der Waals surface area contributed by atoms with E-state index in [4.69, 9.17) is 0 Å². The first-order valence-corrected chi connectivity index (χ1v) is 8.46. The molecule has 0 aliphatic heterocycles. The molecule has 0 bridgehead atoms. The van der Waals surface area contributed by atoms with Crippen molar-refractivity contribution in [3.05, 3.63) is 59.4 Å². The molecule has 0 radical (unpaired) electrons. The van der Waals surface area contributed by atoms with Gasteiger partial charge < -0.3 is 0 Å². The first-order valence-electron chi connectivity index (χ1n) is 7.47. The molecule has 6 heteroatoms. The molecule has 0 spiro atoms. The second-order valence-electron chi connectivity index (χ2n) is 5.29. The molecule has 1 aliphatic carbocycles. The highest BCUT2D eigenvalue weighted by Gasteiger charge is 2.12. The van der Waals surface area contributed by atoms with Crippen LogP contribution in [0, 0.1) is 0 Å². The van der Waals surface area contributed by atoms with Crippen molar-refractivity contribution in [3.63, 3.8) is 0 Å². The van der Waals surface area contributed by atoms with Crippen LogP contribution in [-0.2, 0) is 17.6 Å². The molecule has 2 N–H and O–H groups in total. The Hall–Kier alpha value is -2.34. The number of hydrazine groups is 1. The van der Waals surface area contributed by atoms with Crippen LogP contribution in [-0.4, -0.2) is 22.6 Å². The zero-order valence-corrected chi connectivity index (χ0v) is 13.4. The second kappa shape index (κ2) is 7.28. The van der Waals surface area contributed by atoms with Crippen molar-refractivity contribution in [1.82, 2.24) is 15.8 Å². The minimum Gasteiger partial charge on any atom is -0.272 e. The van der Waals surface area contributed by atoms with Crippen molar-refractivity contribution in [3.8, 4) is 0 Å². The number of aryl methyl sites for hydroxylation is 2. The van der Waals surface area contributed by atoms with E-state index in [9.17, 15) is 9.59 Å². The molecular weight excluding hydrogens is 310 g/mol. The molecule has 1 aromatic carbocycles. The fourth-order valence-electron chi connectivity index (χ4n) is 2.51. The lowest BCUT2D eigenvalue weighted by Gasteiger charge is -2.07. The minimum atomic E-state index is -0.429. The fourth-order valence-corrected chi connectivity index (χ4v) is 3.27. The molecule has 0 fully saturated rings. The molecule has 1 heterocycles. The minimum absolute atomic E-state index is 0.250. The van der Waals surface area contributed by atoms with E-state index < -0.39 is 5.91 Å². The Labute approximate surface area is 138 Å². The van der Waals surface area contributed by atoms with Crippen molar-refractivity contribution in [1.29, 1.82) is 0 Å². The highest BCUT2D eigenvalue weighted by Crippen LogP contribution is 2.27. The maximum atomic E-state index is 11.8. The number of carbonyl (C=O) groups excluding carboxylic acids is 2. The number of benzene rings is 1. The van der Waals surface area contributed by atoms with Gasteiger partial charge >= 0.3 is 0 Å². The highest BCUT2D eigenvalue weighted by molar-refractivity contribution is 8.00.